The molecule has 0 bridgehead atoms. The van der Waals surface area contributed by atoms with E-state index in [9.17, 15) is 0 Å². The summed E-state index contributed by atoms with van der Waals surface area (Å²) in [4.78, 5) is 5.00. The Labute approximate surface area is 135 Å². The van der Waals surface area contributed by atoms with Crippen LogP contribution in [0.2, 0.25) is 0 Å². The van der Waals surface area contributed by atoms with Gasteiger partial charge in [-0.15, -0.1) is 0 Å². The molecule has 1 fully saturated rings. The lowest BCUT2D eigenvalue weighted by molar-refractivity contribution is 0.0213. The Morgan fingerprint density at radius 1 is 1.10 bits per heavy atom. The van der Waals surface area contributed by atoms with Crippen LogP contribution in [0.3, 0.4) is 0 Å². The maximum absolute atomic E-state index is 2.58. The van der Waals surface area contributed by atoms with Crippen molar-refractivity contribution >= 4 is 0 Å². The summed E-state index contributed by atoms with van der Waals surface area (Å²) >= 11 is 0. The van der Waals surface area contributed by atoms with Gasteiger partial charge in [0.25, 0.3) is 0 Å². The van der Waals surface area contributed by atoms with Gasteiger partial charge in [0.05, 0.1) is 0 Å². The molecule has 2 nitrogen and oxygen atoms in total. The van der Waals surface area contributed by atoms with Gasteiger partial charge in [-0.05, 0) is 58.2 Å². The minimum atomic E-state index is 0.581. The molecule has 128 valence electrons. The van der Waals surface area contributed by atoms with Crippen molar-refractivity contribution in [2.45, 2.75) is 79.7 Å². The molecule has 0 spiro atoms. The van der Waals surface area contributed by atoms with Crippen molar-refractivity contribution in [3.05, 3.63) is 0 Å². The van der Waals surface area contributed by atoms with Crippen molar-refractivity contribution in [2.75, 3.05) is 33.7 Å². The molecule has 21 heavy (non-hydrogen) atoms. The Kier molecular flexibility index (Phi) is 10.6. The predicted molar refractivity (Wildman–Crippen MR) is 97.0 cm³/mol. The van der Waals surface area contributed by atoms with Crippen molar-refractivity contribution in [3.8, 4) is 0 Å². The third-order valence-electron chi connectivity index (χ3n) is 5.27. The fraction of sp³-hybridized carbons (Fsp3) is 1.00. The molecule has 1 saturated heterocycles. The van der Waals surface area contributed by atoms with Crippen LogP contribution in [-0.2, 0) is 0 Å². The monoisotopic (exact) mass is 298 g/mol. The Morgan fingerprint density at radius 3 is 2.05 bits per heavy atom. The molecule has 2 heteroatoms. The lowest BCUT2D eigenvalue weighted by atomic mass is 9.79. The van der Waals surface area contributed by atoms with E-state index in [0.29, 0.717) is 5.41 Å². The quantitative estimate of drug-likeness (QED) is 0.598. The van der Waals surface area contributed by atoms with Crippen LogP contribution in [0.5, 0.6) is 0 Å². The molecule has 0 amide bonds. The van der Waals surface area contributed by atoms with E-state index in [1.165, 1.54) is 51.7 Å². The minimum absolute atomic E-state index is 0.581. The molecule has 1 aliphatic rings. The van der Waals surface area contributed by atoms with E-state index < -0.39 is 0 Å². The fourth-order valence-corrected chi connectivity index (χ4v) is 3.48. The molecular weight excluding hydrogens is 256 g/mol. The van der Waals surface area contributed by atoms with Crippen molar-refractivity contribution in [1.82, 2.24) is 9.80 Å². The number of rotatable bonds is 9. The van der Waals surface area contributed by atoms with Crippen molar-refractivity contribution in [2.24, 2.45) is 11.3 Å². The van der Waals surface area contributed by atoms with Crippen molar-refractivity contribution in [1.29, 1.82) is 0 Å². The minimum Gasteiger partial charge on any atom is -0.305 e. The molecule has 0 saturated carbocycles. The van der Waals surface area contributed by atoms with Crippen LogP contribution in [0.1, 0.15) is 73.6 Å². The van der Waals surface area contributed by atoms with Gasteiger partial charge in [0.2, 0.25) is 0 Å². The van der Waals surface area contributed by atoms with E-state index >= 15 is 0 Å². The van der Waals surface area contributed by atoms with Gasteiger partial charge in [-0.2, -0.15) is 0 Å². The van der Waals surface area contributed by atoms with E-state index in [4.69, 9.17) is 0 Å². The number of likely N-dealkylation sites (tertiary alicyclic amines) is 1. The average Bonchev–Trinajstić information content (AvgIpc) is 2.46. The van der Waals surface area contributed by atoms with E-state index in [1.54, 1.807) is 0 Å². The van der Waals surface area contributed by atoms with E-state index in [-0.39, 0.29) is 0 Å². The van der Waals surface area contributed by atoms with E-state index in [2.05, 4.69) is 51.6 Å². The molecular formula is C19H42N2. The second kappa shape index (κ2) is 10.6. The Hall–Kier alpha value is -0.0800. The molecule has 0 N–H and O–H groups in total. The number of hydrogen-bond acceptors (Lipinski definition) is 2. The summed E-state index contributed by atoms with van der Waals surface area (Å²) in [5.41, 5.74) is 0.581. The SMILES string of the molecule is CC.CCC(CC)CC[C@@H](C)N(C)CCC1(C)CN(C)C1. The summed E-state index contributed by atoms with van der Waals surface area (Å²) in [6, 6.07) is 0.738. The Balaban J connectivity index is 0.00000191. The fourth-order valence-electron chi connectivity index (χ4n) is 3.48. The highest BCUT2D eigenvalue weighted by Crippen LogP contribution is 2.32. The van der Waals surface area contributed by atoms with Crippen LogP contribution in [-0.4, -0.2) is 49.6 Å². The highest BCUT2D eigenvalue weighted by Gasteiger charge is 2.36. The molecule has 1 aliphatic heterocycles. The Bertz CT molecular complexity index is 242. The van der Waals surface area contributed by atoms with Gasteiger partial charge >= 0.3 is 0 Å². The Morgan fingerprint density at radius 2 is 1.62 bits per heavy atom. The van der Waals surface area contributed by atoms with Crippen LogP contribution in [0, 0.1) is 11.3 Å². The van der Waals surface area contributed by atoms with Crippen LogP contribution < -0.4 is 0 Å². The van der Waals surface area contributed by atoms with Crippen LogP contribution in [0.25, 0.3) is 0 Å². The zero-order valence-corrected chi connectivity index (χ0v) is 16.2. The first-order valence-corrected chi connectivity index (χ1v) is 9.29. The zero-order chi connectivity index (χ0) is 16.5. The molecule has 1 heterocycles. The lowest BCUT2D eigenvalue weighted by Gasteiger charge is -2.47. The first-order chi connectivity index (χ1) is 9.90. The lowest BCUT2D eigenvalue weighted by Crippen LogP contribution is -2.53. The molecule has 0 aromatic heterocycles. The van der Waals surface area contributed by atoms with Gasteiger partial charge in [-0.1, -0.05) is 47.5 Å². The standard InChI is InChI=1S/C17H36N2.C2H6/c1-7-16(8-2)10-9-15(3)19(6)12-11-17(4)13-18(5)14-17;1-2/h15-16H,7-14H2,1-6H3;1-2H3/t15-;/m1./s1. The summed E-state index contributed by atoms with van der Waals surface area (Å²) < 4.78 is 0. The second-order valence-electron chi connectivity index (χ2n) is 7.32. The predicted octanol–water partition coefficient (Wildman–Crippen LogP) is 4.89. The smallest absolute Gasteiger partial charge is 0.00639 e. The van der Waals surface area contributed by atoms with Crippen LogP contribution >= 0.6 is 0 Å². The summed E-state index contributed by atoms with van der Waals surface area (Å²) in [6.45, 7) is 17.3. The molecule has 0 unspecified atom stereocenters. The summed E-state index contributed by atoms with van der Waals surface area (Å²) in [5, 5.41) is 0. The summed E-state index contributed by atoms with van der Waals surface area (Å²) in [7, 11) is 4.53. The van der Waals surface area contributed by atoms with Crippen molar-refractivity contribution < 1.29 is 0 Å². The first-order valence-electron chi connectivity index (χ1n) is 9.29. The highest BCUT2D eigenvalue weighted by molar-refractivity contribution is 4.90. The maximum atomic E-state index is 2.58. The molecule has 1 atom stereocenters. The maximum Gasteiger partial charge on any atom is 0.00639 e. The molecule has 0 aliphatic carbocycles. The summed E-state index contributed by atoms with van der Waals surface area (Å²) in [5.74, 6) is 0.939. The van der Waals surface area contributed by atoms with E-state index in [1.807, 2.05) is 13.8 Å². The van der Waals surface area contributed by atoms with Gasteiger partial charge in [0, 0.05) is 19.1 Å². The highest BCUT2D eigenvalue weighted by atomic mass is 15.2. The summed E-state index contributed by atoms with van der Waals surface area (Å²) in [6.07, 6.45) is 6.80. The van der Waals surface area contributed by atoms with Gasteiger partial charge in [-0.25, -0.2) is 0 Å². The normalized spacial score (nSPS) is 19.1. The number of hydrogen-bond donors (Lipinski definition) is 0. The topological polar surface area (TPSA) is 6.48 Å². The third-order valence-corrected chi connectivity index (χ3v) is 5.27. The van der Waals surface area contributed by atoms with Gasteiger partial charge in [0.1, 0.15) is 0 Å². The van der Waals surface area contributed by atoms with Gasteiger partial charge in [-0.3, -0.25) is 0 Å². The van der Waals surface area contributed by atoms with Crippen LogP contribution in [0.4, 0.5) is 0 Å². The largest absolute Gasteiger partial charge is 0.305 e. The molecule has 1 rings (SSSR count). The number of nitrogens with zero attached hydrogens (tertiary/aromatic N) is 2. The van der Waals surface area contributed by atoms with Gasteiger partial charge in [0.15, 0.2) is 0 Å². The molecule has 0 radical (unpaired) electrons. The van der Waals surface area contributed by atoms with Gasteiger partial charge < -0.3 is 9.80 Å². The molecule has 0 aromatic carbocycles. The second-order valence-corrected chi connectivity index (χ2v) is 7.32. The molecule has 0 aromatic rings. The average molecular weight is 299 g/mol. The zero-order valence-electron chi connectivity index (χ0n) is 16.2. The third kappa shape index (κ3) is 7.65. The van der Waals surface area contributed by atoms with E-state index in [0.717, 1.165) is 12.0 Å². The van der Waals surface area contributed by atoms with Crippen molar-refractivity contribution in [3.63, 3.8) is 0 Å². The first kappa shape index (κ1) is 20.9. The van der Waals surface area contributed by atoms with Crippen LogP contribution in [0.15, 0.2) is 0 Å².